The van der Waals surface area contributed by atoms with Crippen LogP contribution in [-0.4, -0.2) is 54.3 Å². The average molecular weight is 531 g/mol. The lowest BCUT2D eigenvalue weighted by atomic mass is 9.94. The first-order chi connectivity index (χ1) is 18.4. The highest BCUT2D eigenvalue weighted by Gasteiger charge is 2.26. The molecule has 0 saturated heterocycles. The van der Waals surface area contributed by atoms with Crippen molar-refractivity contribution < 1.29 is 14.6 Å². The molecule has 1 amide bonds. The summed E-state index contributed by atoms with van der Waals surface area (Å²) >= 11 is 0. The van der Waals surface area contributed by atoms with E-state index < -0.39 is 6.10 Å². The minimum Gasteiger partial charge on any atom is -0.491 e. The Kier molecular flexibility index (Phi) is 19.6. The lowest BCUT2D eigenvalue weighted by molar-refractivity contribution is -0.108. The van der Waals surface area contributed by atoms with Gasteiger partial charge in [-0.05, 0) is 50.8 Å². The largest absolute Gasteiger partial charge is 0.491 e. The number of aromatic amines is 1. The minimum atomic E-state index is -0.407. The third-order valence-electron chi connectivity index (χ3n) is 5.77. The highest BCUT2D eigenvalue weighted by atomic mass is 16.5. The van der Waals surface area contributed by atoms with E-state index in [0.29, 0.717) is 12.6 Å². The molecule has 0 spiro atoms. The number of nitrogens with zero attached hydrogens (tertiary/aromatic N) is 3. The van der Waals surface area contributed by atoms with E-state index in [1.807, 2.05) is 88.3 Å². The van der Waals surface area contributed by atoms with Crippen LogP contribution in [0.4, 0.5) is 11.4 Å². The molecule has 7 nitrogen and oxygen atoms in total. The van der Waals surface area contributed by atoms with Gasteiger partial charge in [-0.15, -0.1) is 0 Å². The second-order valence-corrected chi connectivity index (χ2v) is 8.92. The standard InChI is InChI=1S/C16H22N4O.C11H20O2.2C2H6/c1-19(2)14-10-18-16-13(8-9-17-16)15(14)20(11-21)12-6-4-3-5-7-12;1-4-6-8-11(7-5-2)13-9-10(3)12;2*1-2/h8-12H,3-7H2,1-2H3,(H,17,18);6-8,10,12H,4-5,9H2,1-3H3;2*1-2H3/b;8-6-,11-7+;;. The Balaban J connectivity index is 0.000000699. The van der Waals surface area contributed by atoms with Crippen molar-refractivity contribution in [1.29, 1.82) is 0 Å². The van der Waals surface area contributed by atoms with Crippen molar-refractivity contribution in [1.82, 2.24) is 9.97 Å². The summed E-state index contributed by atoms with van der Waals surface area (Å²) < 4.78 is 5.37. The van der Waals surface area contributed by atoms with Crippen molar-refractivity contribution in [2.45, 2.75) is 106 Å². The summed E-state index contributed by atoms with van der Waals surface area (Å²) in [5.41, 5.74) is 2.80. The Morgan fingerprint density at radius 1 is 1.16 bits per heavy atom. The first kappa shape index (κ1) is 35.2. The molecule has 1 saturated carbocycles. The third kappa shape index (κ3) is 11.7. The smallest absolute Gasteiger partial charge is 0.214 e. The zero-order chi connectivity index (χ0) is 28.9. The van der Waals surface area contributed by atoms with Crippen LogP contribution in [0.1, 0.15) is 93.4 Å². The molecule has 216 valence electrons. The van der Waals surface area contributed by atoms with Crippen molar-refractivity contribution in [3.8, 4) is 0 Å². The van der Waals surface area contributed by atoms with Gasteiger partial charge in [-0.2, -0.15) is 0 Å². The topological polar surface area (TPSA) is 81.7 Å². The van der Waals surface area contributed by atoms with Gasteiger partial charge in [-0.1, -0.05) is 66.9 Å². The molecule has 2 N–H and O–H groups in total. The molecule has 1 atom stereocenters. The van der Waals surface area contributed by atoms with E-state index in [0.717, 1.165) is 60.3 Å². The van der Waals surface area contributed by atoms with Crippen LogP contribution in [0.2, 0.25) is 0 Å². The van der Waals surface area contributed by atoms with Crippen molar-refractivity contribution in [3.63, 3.8) is 0 Å². The zero-order valence-corrected chi connectivity index (χ0v) is 25.5. The molecule has 1 unspecified atom stereocenters. The molecule has 1 aliphatic carbocycles. The number of pyridine rings is 1. The number of nitrogens with one attached hydrogen (secondary N) is 1. The van der Waals surface area contributed by atoms with Gasteiger partial charge < -0.3 is 24.6 Å². The first-order valence-electron chi connectivity index (χ1n) is 14.5. The van der Waals surface area contributed by atoms with Crippen molar-refractivity contribution in [2.75, 3.05) is 30.5 Å². The summed E-state index contributed by atoms with van der Waals surface area (Å²) in [6, 6.07) is 2.31. The van der Waals surface area contributed by atoms with Crippen LogP contribution in [0.3, 0.4) is 0 Å². The Morgan fingerprint density at radius 2 is 1.82 bits per heavy atom. The first-order valence-corrected chi connectivity index (χ1v) is 14.5. The average Bonchev–Trinajstić information content (AvgIpc) is 3.43. The number of aromatic nitrogens is 2. The van der Waals surface area contributed by atoms with Crippen molar-refractivity contribution >= 4 is 28.8 Å². The van der Waals surface area contributed by atoms with Crippen LogP contribution in [-0.2, 0) is 9.53 Å². The molecule has 7 heteroatoms. The number of rotatable bonds is 10. The molecule has 0 aliphatic heterocycles. The molecule has 0 radical (unpaired) electrons. The van der Waals surface area contributed by atoms with E-state index in [1.54, 1.807) is 6.92 Å². The van der Waals surface area contributed by atoms with Gasteiger partial charge >= 0.3 is 0 Å². The van der Waals surface area contributed by atoms with Gasteiger partial charge in [-0.25, -0.2) is 4.98 Å². The van der Waals surface area contributed by atoms with Gasteiger partial charge in [0.15, 0.2) is 0 Å². The number of aliphatic hydroxyl groups is 1. The van der Waals surface area contributed by atoms with Crippen LogP contribution in [0, 0.1) is 0 Å². The third-order valence-corrected chi connectivity index (χ3v) is 5.77. The number of aliphatic hydroxyl groups excluding tert-OH is 1. The molecular weight excluding hydrogens is 476 g/mol. The number of H-pyrrole nitrogens is 1. The lowest BCUT2D eigenvalue weighted by Crippen LogP contribution is -2.36. The van der Waals surface area contributed by atoms with Gasteiger partial charge in [0.2, 0.25) is 6.41 Å². The second kappa shape index (κ2) is 21.2. The van der Waals surface area contributed by atoms with Crippen LogP contribution >= 0.6 is 0 Å². The van der Waals surface area contributed by atoms with Gasteiger partial charge in [0, 0.05) is 31.7 Å². The maximum Gasteiger partial charge on any atom is 0.214 e. The van der Waals surface area contributed by atoms with Crippen LogP contribution in [0.15, 0.2) is 42.4 Å². The number of ether oxygens (including phenoxy) is 1. The molecule has 1 fully saturated rings. The number of amides is 1. The summed E-state index contributed by atoms with van der Waals surface area (Å²) in [5, 5.41) is 10.0. The Bertz CT molecular complexity index is 928. The lowest BCUT2D eigenvalue weighted by Gasteiger charge is -2.34. The predicted octanol–water partition coefficient (Wildman–Crippen LogP) is 7.62. The van der Waals surface area contributed by atoms with Crippen LogP contribution in [0.5, 0.6) is 0 Å². The minimum absolute atomic E-state index is 0.301. The zero-order valence-electron chi connectivity index (χ0n) is 25.5. The molecule has 2 aromatic rings. The number of carbonyl (C=O) groups is 1. The summed E-state index contributed by atoms with van der Waals surface area (Å²) in [4.78, 5) is 23.3. The Morgan fingerprint density at radius 3 is 2.34 bits per heavy atom. The fourth-order valence-electron chi connectivity index (χ4n) is 4.09. The second-order valence-electron chi connectivity index (χ2n) is 8.92. The van der Waals surface area contributed by atoms with Crippen molar-refractivity contribution in [3.05, 3.63) is 42.4 Å². The summed E-state index contributed by atoms with van der Waals surface area (Å²) in [7, 11) is 3.98. The summed E-state index contributed by atoms with van der Waals surface area (Å²) in [6.45, 7) is 14.2. The van der Waals surface area contributed by atoms with E-state index in [4.69, 9.17) is 9.84 Å². The summed E-state index contributed by atoms with van der Waals surface area (Å²) in [6.07, 6.45) is 18.1. The highest BCUT2D eigenvalue weighted by Crippen LogP contribution is 2.37. The number of hydrogen-bond donors (Lipinski definition) is 2. The number of allylic oxidation sites excluding steroid dienone is 3. The normalized spacial score (nSPS) is 14.3. The molecule has 2 aromatic heterocycles. The number of fused-ring (bicyclic) bond motifs is 1. The number of hydrogen-bond acceptors (Lipinski definition) is 5. The Labute approximate surface area is 232 Å². The Hall–Kier alpha value is -2.80. The van der Waals surface area contributed by atoms with Crippen molar-refractivity contribution in [2.24, 2.45) is 0 Å². The van der Waals surface area contributed by atoms with E-state index in [2.05, 4.69) is 23.8 Å². The van der Waals surface area contributed by atoms with Crippen LogP contribution in [0.25, 0.3) is 11.0 Å². The van der Waals surface area contributed by atoms with Gasteiger partial charge in [0.05, 0.1) is 23.7 Å². The number of anilines is 2. The van der Waals surface area contributed by atoms with Gasteiger partial charge in [-0.3, -0.25) is 4.79 Å². The highest BCUT2D eigenvalue weighted by molar-refractivity contribution is 6.02. The quantitative estimate of drug-likeness (QED) is 0.188. The van der Waals surface area contributed by atoms with Gasteiger partial charge in [0.25, 0.3) is 0 Å². The van der Waals surface area contributed by atoms with Gasteiger partial charge in [0.1, 0.15) is 18.0 Å². The molecule has 0 bridgehead atoms. The number of carbonyl (C=O) groups excluding carboxylic acids is 1. The molecule has 38 heavy (non-hydrogen) atoms. The molecule has 0 aromatic carbocycles. The fraction of sp³-hybridized carbons (Fsp3) is 0.613. The SMILES string of the molecule is CC.CC.CC/C=C\C(=C/CC)OCC(C)O.CN(C)c1cnc2[nH]ccc2c1N(C=O)C1CCCCC1. The fourth-order valence-corrected chi connectivity index (χ4v) is 4.09. The maximum atomic E-state index is 11.8. The van der Waals surface area contributed by atoms with E-state index in [1.165, 1.54) is 19.3 Å². The molecular formula is C31H54N4O3. The molecule has 1 aliphatic rings. The van der Waals surface area contributed by atoms with E-state index in [9.17, 15) is 4.79 Å². The molecule has 3 rings (SSSR count). The molecule has 2 heterocycles. The maximum absolute atomic E-state index is 11.8. The van der Waals surface area contributed by atoms with E-state index in [-0.39, 0.29) is 0 Å². The summed E-state index contributed by atoms with van der Waals surface area (Å²) in [5.74, 6) is 0.852. The monoisotopic (exact) mass is 530 g/mol. The van der Waals surface area contributed by atoms with Crippen LogP contribution < -0.4 is 9.80 Å². The predicted molar refractivity (Wildman–Crippen MR) is 164 cm³/mol. The van der Waals surface area contributed by atoms with E-state index >= 15 is 0 Å².